The number of nitrogens with zero attached hydrogens (tertiary/aromatic N) is 1. The molecule has 0 spiro atoms. The molecule has 0 saturated carbocycles. The zero-order chi connectivity index (χ0) is 7.40. The molecule has 0 saturated heterocycles. The summed E-state index contributed by atoms with van der Waals surface area (Å²) >= 11 is 1.75. The Morgan fingerprint density at radius 3 is 3.00 bits per heavy atom. The molecule has 0 atom stereocenters. The highest BCUT2D eigenvalue weighted by Gasteiger charge is 1.96. The van der Waals surface area contributed by atoms with Gasteiger partial charge in [-0.25, -0.2) is 0 Å². The van der Waals surface area contributed by atoms with Crippen molar-refractivity contribution in [1.29, 1.82) is 5.26 Å². The summed E-state index contributed by atoms with van der Waals surface area (Å²) in [5, 5.41) is 10.4. The fourth-order valence-electron chi connectivity index (χ4n) is 0.861. The van der Waals surface area contributed by atoms with Gasteiger partial charge < -0.3 is 0 Å². The molecule has 1 heterocycles. The van der Waals surface area contributed by atoms with Crippen LogP contribution in [-0.2, 0) is 6.42 Å². The molecule has 0 amide bonds. The van der Waals surface area contributed by atoms with Crippen molar-refractivity contribution in [3.8, 4) is 6.07 Å². The fourth-order valence-corrected chi connectivity index (χ4v) is 1.62. The molecule has 0 aliphatic carbocycles. The molecule has 0 aliphatic rings. The van der Waals surface area contributed by atoms with E-state index in [2.05, 4.69) is 24.4 Å². The van der Waals surface area contributed by atoms with Crippen molar-refractivity contribution in [2.45, 2.75) is 19.8 Å². The molecular formula is C8H9NS. The predicted molar refractivity (Wildman–Crippen MR) is 43.0 cm³/mol. The average molecular weight is 151 g/mol. The van der Waals surface area contributed by atoms with Gasteiger partial charge in [-0.15, -0.1) is 11.3 Å². The van der Waals surface area contributed by atoms with Gasteiger partial charge in [0.2, 0.25) is 0 Å². The molecule has 0 aromatic carbocycles. The summed E-state index contributed by atoms with van der Waals surface area (Å²) in [5.74, 6) is 0. The standard InChI is InChI=1S/C8H9NS/c1-7-8(3-2-5-9)4-6-10-7/h4,6H,2-3H2,1H3. The van der Waals surface area contributed by atoms with E-state index >= 15 is 0 Å². The molecule has 0 aliphatic heterocycles. The van der Waals surface area contributed by atoms with Crippen molar-refractivity contribution in [3.05, 3.63) is 21.9 Å². The van der Waals surface area contributed by atoms with Crippen LogP contribution in [0.2, 0.25) is 0 Å². The Morgan fingerprint density at radius 2 is 2.50 bits per heavy atom. The largest absolute Gasteiger partial charge is 0.198 e. The zero-order valence-electron chi connectivity index (χ0n) is 5.92. The third kappa shape index (κ3) is 1.58. The lowest BCUT2D eigenvalue weighted by atomic mass is 10.1. The van der Waals surface area contributed by atoms with Gasteiger partial charge in [-0.1, -0.05) is 0 Å². The Balaban J connectivity index is 2.59. The second-order valence-electron chi connectivity index (χ2n) is 2.16. The van der Waals surface area contributed by atoms with Gasteiger partial charge in [0, 0.05) is 11.3 Å². The van der Waals surface area contributed by atoms with E-state index in [4.69, 9.17) is 5.26 Å². The lowest BCUT2D eigenvalue weighted by molar-refractivity contribution is 1.01. The zero-order valence-corrected chi connectivity index (χ0v) is 6.74. The van der Waals surface area contributed by atoms with E-state index in [1.165, 1.54) is 10.4 Å². The molecule has 1 aromatic rings. The summed E-state index contributed by atoms with van der Waals surface area (Å²) in [5.41, 5.74) is 1.33. The Labute approximate surface area is 64.9 Å². The van der Waals surface area contributed by atoms with Crippen LogP contribution in [0.1, 0.15) is 16.9 Å². The van der Waals surface area contributed by atoms with Gasteiger partial charge in [-0.05, 0) is 30.4 Å². The average Bonchev–Trinajstić information content (AvgIpc) is 2.31. The van der Waals surface area contributed by atoms with E-state index in [0.29, 0.717) is 6.42 Å². The van der Waals surface area contributed by atoms with Crippen molar-refractivity contribution in [3.63, 3.8) is 0 Å². The molecular weight excluding hydrogens is 142 g/mol. The van der Waals surface area contributed by atoms with Gasteiger partial charge in [0.05, 0.1) is 6.07 Å². The minimum absolute atomic E-state index is 0.636. The SMILES string of the molecule is Cc1sccc1CCC#N. The van der Waals surface area contributed by atoms with E-state index in [1.54, 1.807) is 11.3 Å². The topological polar surface area (TPSA) is 23.8 Å². The molecule has 52 valence electrons. The number of hydrogen-bond donors (Lipinski definition) is 0. The summed E-state index contributed by atoms with van der Waals surface area (Å²) in [7, 11) is 0. The second kappa shape index (κ2) is 3.38. The molecule has 2 heteroatoms. The monoisotopic (exact) mass is 151 g/mol. The van der Waals surface area contributed by atoms with Crippen molar-refractivity contribution >= 4 is 11.3 Å². The van der Waals surface area contributed by atoms with Crippen LogP contribution < -0.4 is 0 Å². The van der Waals surface area contributed by atoms with Crippen molar-refractivity contribution < 1.29 is 0 Å². The first kappa shape index (κ1) is 7.30. The fraction of sp³-hybridized carbons (Fsp3) is 0.375. The van der Waals surface area contributed by atoms with Gasteiger partial charge >= 0.3 is 0 Å². The van der Waals surface area contributed by atoms with Crippen molar-refractivity contribution in [1.82, 2.24) is 0 Å². The number of hydrogen-bond acceptors (Lipinski definition) is 2. The highest BCUT2D eigenvalue weighted by atomic mass is 32.1. The Kier molecular flexibility index (Phi) is 2.47. The summed E-state index contributed by atoms with van der Waals surface area (Å²) in [6.45, 7) is 2.09. The highest BCUT2D eigenvalue weighted by Crippen LogP contribution is 2.15. The second-order valence-corrected chi connectivity index (χ2v) is 3.28. The molecule has 0 fully saturated rings. The Morgan fingerprint density at radius 1 is 1.70 bits per heavy atom. The van der Waals surface area contributed by atoms with Gasteiger partial charge in [0.15, 0.2) is 0 Å². The van der Waals surface area contributed by atoms with E-state index in [1.807, 2.05) is 0 Å². The van der Waals surface area contributed by atoms with Crippen LogP contribution in [0.4, 0.5) is 0 Å². The summed E-state index contributed by atoms with van der Waals surface area (Å²) < 4.78 is 0. The quantitative estimate of drug-likeness (QED) is 0.637. The smallest absolute Gasteiger partial charge is 0.0625 e. The molecule has 0 bridgehead atoms. The van der Waals surface area contributed by atoms with Crippen LogP contribution >= 0.6 is 11.3 Å². The molecule has 1 aromatic heterocycles. The van der Waals surface area contributed by atoms with Crippen LogP contribution in [0.3, 0.4) is 0 Å². The first-order chi connectivity index (χ1) is 4.84. The minimum Gasteiger partial charge on any atom is -0.198 e. The first-order valence-electron chi connectivity index (χ1n) is 3.24. The maximum absolute atomic E-state index is 8.31. The highest BCUT2D eigenvalue weighted by molar-refractivity contribution is 7.10. The predicted octanol–water partition coefficient (Wildman–Crippen LogP) is 2.51. The summed E-state index contributed by atoms with van der Waals surface area (Å²) in [6.07, 6.45) is 1.55. The maximum atomic E-state index is 8.31. The first-order valence-corrected chi connectivity index (χ1v) is 4.12. The van der Waals surface area contributed by atoms with Gasteiger partial charge in [-0.3, -0.25) is 0 Å². The van der Waals surface area contributed by atoms with E-state index in [0.717, 1.165) is 6.42 Å². The molecule has 1 rings (SSSR count). The van der Waals surface area contributed by atoms with Crippen LogP contribution in [0.15, 0.2) is 11.4 Å². The number of aryl methyl sites for hydroxylation is 2. The van der Waals surface area contributed by atoms with Crippen LogP contribution in [-0.4, -0.2) is 0 Å². The Bertz CT molecular complexity index is 244. The lowest BCUT2D eigenvalue weighted by Gasteiger charge is -1.91. The molecule has 10 heavy (non-hydrogen) atoms. The normalized spacial score (nSPS) is 9.20. The van der Waals surface area contributed by atoms with E-state index in [9.17, 15) is 0 Å². The minimum atomic E-state index is 0.636. The van der Waals surface area contributed by atoms with Gasteiger partial charge in [0.1, 0.15) is 0 Å². The third-order valence-electron chi connectivity index (χ3n) is 1.47. The Hall–Kier alpha value is -0.810. The lowest BCUT2D eigenvalue weighted by Crippen LogP contribution is -1.80. The van der Waals surface area contributed by atoms with Crippen molar-refractivity contribution in [2.24, 2.45) is 0 Å². The maximum Gasteiger partial charge on any atom is 0.0625 e. The van der Waals surface area contributed by atoms with Gasteiger partial charge in [0.25, 0.3) is 0 Å². The van der Waals surface area contributed by atoms with Gasteiger partial charge in [-0.2, -0.15) is 5.26 Å². The molecule has 1 nitrogen and oxygen atoms in total. The van der Waals surface area contributed by atoms with Crippen LogP contribution in [0.5, 0.6) is 0 Å². The van der Waals surface area contributed by atoms with E-state index < -0.39 is 0 Å². The van der Waals surface area contributed by atoms with Crippen molar-refractivity contribution in [2.75, 3.05) is 0 Å². The molecule has 0 radical (unpaired) electrons. The number of thiophene rings is 1. The van der Waals surface area contributed by atoms with Crippen LogP contribution in [0, 0.1) is 18.3 Å². The summed E-state index contributed by atoms with van der Waals surface area (Å²) in [4.78, 5) is 1.34. The van der Waals surface area contributed by atoms with E-state index in [-0.39, 0.29) is 0 Å². The summed E-state index contributed by atoms with van der Waals surface area (Å²) in [6, 6.07) is 4.23. The van der Waals surface area contributed by atoms with Crippen LogP contribution in [0.25, 0.3) is 0 Å². The molecule has 0 unspecified atom stereocenters. The molecule has 0 N–H and O–H groups in total. The number of rotatable bonds is 2. The number of nitriles is 1. The third-order valence-corrected chi connectivity index (χ3v) is 2.36.